The Balaban J connectivity index is 2.37. The summed E-state index contributed by atoms with van der Waals surface area (Å²) in [4.78, 5) is 4.67. The standard InChI is InChI=1S/C12H23N/c1-4-12(2,3)13-10-11-8-6-5-7-9-11/h10-11H,4-9H2,1-3H3. The minimum Gasteiger partial charge on any atom is -0.291 e. The van der Waals surface area contributed by atoms with Crippen LogP contribution in [0.1, 0.15) is 59.3 Å². The van der Waals surface area contributed by atoms with E-state index in [4.69, 9.17) is 0 Å². The molecule has 1 saturated carbocycles. The van der Waals surface area contributed by atoms with E-state index in [1.807, 2.05) is 0 Å². The van der Waals surface area contributed by atoms with Crippen molar-refractivity contribution in [2.45, 2.75) is 64.8 Å². The van der Waals surface area contributed by atoms with Gasteiger partial charge in [-0.25, -0.2) is 0 Å². The maximum absolute atomic E-state index is 4.67. The lowest BCUT2D eigenvalue weighted by Gasteiger charge is -2.21. The average Bonchev–Trinajstić information content (AvgIpc) is 2.17. The molecule has 0 unspecified atom stereocenters. The van der Waals surface area contributed by atoms with Gasteiger partial charge in [0.05, 0.1) is 5.54 Å². The summed E-state index contributed by atoms with van der Waals surface area (Å²) in [6.07, 6.45) is 10.3. The van der Waals surface area contributed by atoms with Crippen molar-refractivity contribution in [3.8, 4) is 0 Å². The van der Waals surface area contributed by atoms with Gasteiger partial charge in [0.25, 0.3) is 0 Å². The molecule has 13 heavy (non-hydrogen) atoms. The Kier molecular flexibility index (Phi) is 3.95. The Labute approximate surface area is 82.6 Å². The Morgan fingerprint density at radius 1 is 1.23 bits per heavy atom. The topological polar surface area (TPSA) is 12.4 Å². The first-order chi connectivity index (χ1) is 6.14. The zero-order valence-electron chi connectivity index (χ0n) is 9.34. The molecule has 0 atom stereocenters. The van der Waals surface area contributed by atoms with E-state index in [2.05, 4.69) is 32.0 Å². The van der Waals surface area contributed by atoms with E-state index >= 15 is 0 Å². The maximum atomic E-state index is 4.67. The summed E-state index contributed by atoms with van der Waals surface area (Å²) >= 11 is 0. The molecule has 0 aromatic rings. The van der Waals surface area contributed by atoms with Crippen LogP contribution in [0.3, 0.4) is 0 Å². The van der Waals surface area contributed by atoms with E-state index in [0.717, 1.165) is 12.3 Å². The molecule has 0 aliphatic heterocycles. The van der Waals surface area contributed by atoms with Gasteiger partial charge in [0, 0.05) is 6.21 Å². The molecule has 0 bridgehead atoms. The molecule has 1 nitrogen and oxygen atoms in total. The molecule has 76 valence electrons. The van der Waals surface area contributed by atoms with Crippen LogP contribution in [-0.4, -0.2) is 11.8 Å². The molecule has 0 aromatic carbocycles. The smallest absolute Gasteiger partial charge is 0.0545 e. The minimum absolute atomic E-state index is 0.164. The summed E-state index contributed by atoms with van der Waals surface area (Å²) in [7, 11) is 0. The molecule has 0 spiro atoms. The average molecular weight is 181 g/mol. The largest absolute Gasteiger partial charge is 0.291 e. The van der Waals surface area contributed by atoms with Gasteiger partial charge in [-0.3, -0.25) is 4.99 Å². The van der Waals surface area contributed by atoms with Gasteiger partial charge in [-0.15, -0.1) is 0 Å². The van der Waals surface area contributed by atoms with Gasteiger partial charge in [0.15, 0.2) is 0 Å². The lowest BCUT2D eigenvalue weighted by Crippen LogP contribution is -2.17. The van der Waals surface area contributed by atoms with Crippen LogP contribution in [0.5, 0.6) is 0 Å². The second-order valence-electron chi connectivity index (χ2n) is 4.84. The fourth-order valence-corrected chi connectivity index (χ4v) is 1.68. The molecule has 0 aromatic heterocycles. The maximum Gasteiger partial charge on any atom is 0.0545 e. The number of aliphatic imine (C=N–C) groups is 1. The SMILES string of the molecule is CCC(C)(C)N=CC1CCCCC1. The van der Waals surface area contributed by atoms with Crippen LogP contribution in [0.4, 0.5) is 0 Å². The predicted molar refractivity (Wildman–Crippen MR) is 59.4 cm³/mol. The Bertz CT molecular complexity index is 164. The van der Waals surface area contributed by atoms with Gasteiger partial charge >= 0.3 is 0 Å². The second-order valence-corrected chi connectivity index (χ2v) is 4.84. The fourth-order valence-electron chi connectivity index (χ4n) is 1.68. The highest BCUT2D eigenvalue weighted by atomic mass is 14.8. The van der Waals surface area contributed by atoms with Crippen molar-refractivity contribution in [1.29, 1.82) is 0 Å². The number of rotatable bonds is 3. The number of hydrogen-bond donors (Lipinski definition) is 0. The third-order valence-corrected chi connectivity index (χ3v) is 3.15. The molecule has 0 heterocycles. The van der Waals surface area contributed by atoms with Crippen LogP contribution < -0.4 is 0 Å². The lowest BCUT2D eigenvalue weighted by atomic mass is 9.90. The second kappa shape index (κ2) is 4.78. The highest BCUT2D eigenvalue weighted by molar-refractivity contribution is 5.61. The normalized spacial score (nSPS) is 21.2. The lowest BCUT2D eigenvalue weighted by molar-refractivity contribution is 0.436. The highest BCUT2D eigenvalue weighted by Gasteiger charge is 2.14. The highest BCUT2D eigenvalue weighted by Crippen LogP contribution is 2.23. The van der Waals surface area contributed by atoms with Crippen LogP contribution in [0, 0.1) is 5.92 Å². The number of hydrogen-bond acceptors (Lipinski definition) is 1. The molecular weight excluding hydrogens is 158 g/mol. The quantitative estimate of drug-likeness (QED) is 0.587. The van der Waals surface area contributed by atoms with Crippen molar-refractivity contribution >= 4 is 6.21 Å². The monoisotopic (exact) mass is 181 g/mol. The van der Waals surface area contributed by atoms with Crippen LogP contribution in [0.2, 0.25) is 0 Å². The Morgan fingerprint density at radius 3 is 2.38 bits per heavy atom. The van der Waals surface area contributed by atoms with E-state index in [0.29, 0.717) is 0 Å². The Hall–Kier alpha value is -0.330. The zero-order chi connectivity index (χ0) is 9.73. The van der Waals surface area contributed by atoms with E-state index in [-0.39, 0.29) is 5.54 Å². The van der Waals surface area contributed by atoms with Crippen molar-refractivity contribution in [1.82, 2.24) is 0 Å². The summed E-state index contributed by atoms with van der Waals surface area (Å²) in [5, 5.41) is 0. The zero-order valence-corrected chi connectivity index (χ0v) is 9.34. The summed E-state index contributed by atoms with van der Waals surface area (Å²) in [6.45, 7) is 6.64. The molecule has 1 aliphatic rings. The van der Waals surface area contributed by atoms with Crippen LogP contribution in [0.15, 0.2) is 4.99 Å². The van der Waals surface area contributed by atoms with E-state index in [1.54, 1.807) is 0 Å². The molecule has 1 rings (SSSR count). The molecule has 1 heteroatoms. The van der Waals surface area contributed by atoms with E-state index < -0.39 is 0 Å². The van der Waals surface area contributed by atoms with Crippen LogP contribution in [0.25, 0.3) is 0 Å². The van der Waals surface area contributed by atoms with Gasteiger partial charge in [-0.05, 0) is 39.0 Å². The van der Waals surface area contributed by atoms with E-state index in [1.165, 1.54) is 32.1 Å². The Morgan fingerprint density at radius 2 is 1.85 bits per heavy atom. The van der Waals surface area contributed by atoms with Crippen molar-refractivity contribution in [3.63, 3.8) is 0 Å². The molecule has 1 aliphatic carbocycles. The van der Waals surface area contributed by atoms with Gasteiger partial charge in [-0.1, -0.05) is 26.2 Å². The first kappa shape index (κ1) is 10.7. The third kappa shape index (κ3) is 3.93. The van der Waals surface area contributed by atoms with Crippen LogP contribution >= 0.6 is 0 Å². The van der Waals surface area contributed by atoms with Crippen molar-refractivity contribution in [2.75, 3.05) is 0 Å². The van der Waals surface area contributed by atoms with Crippen molar-refractivity contribution in [2.24, 2.45) is 10.9 Å². The first-order valence-electron chi connectivity index (χ1n) is 5.69. The number of nitrogens with zero attached hydrogens (tertiary/aromatic N) is 1. The van der Waals surface area contributed by atoms with E-state index in [9.17, 15) is 0 Å². The molecule has 0 radical (unpaired) electrons. The summed E-state index contributed by atoms with van der Waals surface area (Å²) in [6, 6.07) is 0. The van der Waals surface area contributed by atoms with Gasteiger partial charge in [-0.2, -0.15) is 0 Å². The van der Waals surface area contributed by atoms with Crippen LogP contribution in [-0.2, 0) is 0 Å². The van der Waals surface area contributed by atoms with Gasteiger partial charge in [0.1, 0.15) is 0 Å². The van der Waals surface area contributed by atoms with Gasteiger partial charge < -0.3 is 0 Å². The molecule has 0 saturated heterocycles. The third-order valence-electron chi connectivity index (χ3n) is 3.15. The van der Waals surface area contributed by atoms with Crippen molar-refractivity contribution in [3.05, 3.63) is 0 Å². The molecule has 0 amide bonds. The predicted octanol–water partition coefficient (Wildman–Crippen LogP) is 3.83. The molecule has 0 N–H and O–H groups in total. The summed E-state index contributed by atoms with van der Waals surface area (Å²) in [5.74, 6) is 0.777. The minimum atomic E-state index is 0.164. The molecule has 1 fully saturated rings. The summed E-state index contributed by atoms with van der Waals surface area (Å²) in [5.41, 5.74) is 0.164. The first-order valence-corrected chi connectivity index (χ1v) is 5.69. The van der Waals surface area contributed by atoms with Gasteiger partial charge in [0.2, 0.25) is 0 Å². The summed E-state index contributed by atoms with van der Waals surface area (Å²) < 4.78 is 0. The van der Waals surface area contributed by atoms with Crippen molar-refractivity contribution < 1.29 is 0 Å². The molecular formula is C12H23N. The fraction of sp³-hybridized carbons (Fsp3) is 0.917.